The second-order valence-electron chi connectivity index (χ2n) is 4.32. The Morgan fingerprint density at radius 3 is 2.53 bits per heavy atom. The monoisotopic (exact) mass is 256 g/mol. The van der Waals surface area contributed by atoms with Crippen molar-refractivity contribution in [1.82, 2.24) is 4.98 Å². The van der Waals surface area contributed by atoms with Gasteiger partial charge in [-0.1, -0.05) is 25.2 Å². The highest BCUT2D eigenvalue weighted by Gasteiger charge is 2.22. The molecule has 1 N–H and O–H groups in total. The molecule has 1 heterocycles. The Labute approximate surface area is 106 Å². The van der Waals surface area contributed by atoms with Crippen molar-refractivity contribution in [1.29, 1.82) is 0 Å². The molecule has 0 aromatic carbocycles. The first kappa shape index (κ1) is 14.0. The van der Waals surface area contributed by atoms with Crippen LogP contribution < -0.4 is 5.32 Å². The van der Waals surface area contributed by atoms with Gasteiger partial charge in [-0.2, -0.15) is 0 Å². The molecule has 0 aliphatic heterocycles. The van der Waals surface area contributed by atoms with Crippen LogP contribution in [-0.4, -0.2) is 23.6 Å². The highest BCUT2D eigenvalue weighted by molar-refractivity contribution is 7.17. The molecule has 0 saturated heterocycles. The first-order valence-corrected chi connectivity index (χ1v) is 6.61. The number of methoxy groups -OCH3 is 1. The lowest BCUT2D eigenvalue weighted by Crippen LogP contribution is -2.32. The van der Waals surface area contributed by atoms with Gasteiger partial charge in [0.05, 0.1) is 12.8 Å². The van der Waals surface area contributed by atoms with Crippen LogP contribution in [0.4, 0.5) is 5.13 Å². The fraction of sp³-hybridized carbons (Fsp3) is 0.667. The van der Waals surface area contributed by atoms with E-state index >= 15 is 0 Å². The number of nitrogens with zero attached hydrogens (tertiary/aromatic N) is 1. The third kappa shape index (κ3) is 3.19. The number of ether oxygens (including phenoxy) is 1. The number of aryl methyl sites for hydroxylation is 1. The van der Waals surface area contributed by atoms with Crippen LogP contribution in [0.15, 0.2) is 0 Å². The lowest BCUT2D eigenvalue weighted by atomic mass is 9.96. The van der Waals surface area contributed by atoms with Gasteiger partial charge in [0.1, 0.15) is 4.88 Å². The van der Waals surface area contributed by atoms with Gasteiger partial charge in [-0.25, -0.2) is 9.78 Å². The molecule has 4 nitrogen and oxygen atoms in total. The first-order valence-electron chi connectivity index (χ1n) is 5.79. The molecule has 5 heteroatoms. The number of thiazole rings is 1. The maximum Gasteiger partial charge on any atom is 0.350 e. The predicted octanol–water partition coefficient (Wildman–Crippen LogP) is 3.23. The van der Waals surface area contributed by atoms with E-state index in [1.165, 1.54) is 18.4 Å². The quantitative estimate of drug-likeness (QED) is 0.822. The topological polar surface area (TPSA) is 51.2 Å². The summed E-state index contributed by atoms with van der Waals surface area (Å²) in [5, 5.41) is 4.18. The summed E-state index contributed by atoms with van der Waals surface area (Å²) in [6.07, 6.45) is 2.02. The molecule has 0 aliphatic carbocycles. The number of hydrogen-bond acceptors (Lipinski definition) is 5. The molecule has 0 unspecified atom stereocenters. The molecular weight excluding hydrogens is 236 g/mol. The van der Waals surface area contributed by atoms with Crippen molar-refractivity contribution in [2.24, 2.45) is 0 Å². The summed E-state index contributed by atoms with van der Waals surface area (Å²) in [6.45, 7) is 8.25. The molecule has 0 bridgehead atoms. The van der Waals surface area contributed by atoms with Gasteiger partial charge in [0.15, 0.2) is 5.13 Å². The zero-order chi connectivity index (χ0) is 13.1. The summed E-state index contributed by atoms with van der Waals surface area (Å²) in [7, 11) is 1.39. The van der Waals surface area contributed by atoms with E-state index in [0.717, 1.165) is 23.7 Å². The summed E-state index contributed by atoms with van der Waals surface area (Å²) < 4.78 is 4.72. The Morgan fingerprint density at radius 1 is 1.47 bits per heavy atom. The van der Waals surface area contributed by atoms with E-state index in [0.29, 0.717) is 4.88 Å². The van der Waals surface area contributed by atoms with Crippen LogP contribution in [0.3, 0.4) is 0 Å². The van der Waals surface area contributed by atoms with Gasteiger partial charge in [0, 0.05) is 5.54 Å². The zero-order valence-corrected chi connectivity index (χ0v) is 11.9. The molecule has 0 aliphatic rings. The molecule has 1 aromatic rings. The second kappa shape index (κ2) is 5.49. The number of carbonyl (C=O) groups excluding carboxylic acids is 1. The maximum absolute atomic E-state index is 11.5. The Kier molecular flexibility index (Phi) is 4.51. The largest absolute Gasteiger partial charge is 0.465 e. The van der Waals surface area contributed by atoms with Crippen molar-refractivity contribution in [2.75, 3.05) is 12.4 Å². The number of anilines is 1. The van der Waals surface area contributed by atoms with Crippen LogP contribution in [-0.2, 0) is 4.74 Å². The number of rotatable bonds is 5. The minimum absolute atomic E-state index is 0.0255. The summed E-state index contributed by atoms with van der Waals surface area (Å²) >= 11 is 1.35. The Bertz CT molecular complexity index is 397. The lowest BCUT2D eigenvalue weighted by Gasteiger charge is -2.27. The lowest BCUT2D eigenvalue weighted by molar-refractivity contribution is 0.0605. The third-order valence-electron chi connectivity index (χ3n) is 3.14. The van der Waals surface area contributed by atoms with Gasteiger partial charge in [-0.15, -0.1) is 0 Å². The molecule has 96 valence electrons. The van der Waals surface area contributed by atoms with Crippen molar-refractivity contribution in [3.63, 3.8) is 0 Å². The van der Waals surface area contributed by atoms with E-state index in [2.05, 4.69) is 31.1 Å². The Morgan fingerprint density at radius 2 is 2.06 bits per heavy atom. The number of carbonyl (C=O) groups is 1. The Balaban J connectivity index is 2.91. The van der Waals surface area contributed by atoms with Gasteiger partial charge < -0.3 is 10.1 Å². The van der Waals surface area contributed by atoms with E-state index in [9.17, 15) is 4.79 Å². The summed E-state index contributed by atoms with van der Waals surface area (Å²) in [6, 6.07) is 0. The van der Waals surface area contributed by atoms with Gasteiger partial charge in [-0.05, 0) is 26.7 Å². The second-order valence-corrected chi connectivity index (χ2v) is 5.32. The van der Waals surface area contributed by atoms with E-state index in [4.69, 9.17) is 4.74 Å². The molecule has 0 saturated carbocycles. The van der Waals surface area contributed by atoms with Crippen molar-refractivity contribution in [3.8, 4) is 0 Å². The Hall–Kier alpha value is -1.10. The molecule has 17 heavy (non-hydrogen) atoms. The van der Waals surface area contributed by atoms with Gasteiger partial charge >= 0.3 is 5.97 Å². The smallest absolute Gasteiger partial charge is 0.350 e. The van der Waals surface area contributed by atoms with E-state index in [1.54, 1.807) is 0 Å². The van der Waals surface area contributed by atoms with E-state index in [1.807, 2.05) is 6.92 Å². The molecular formula is C12H20N2O2S. The normalized spacial score (nSPS) is 11.4. The highest BCUT2D eigenvalue weighted by atomic mass is 32.1. The maximum atomic E-state index is 11.5. The third-order valence-corrected chi connectivity index (χ3v) is 4.19. The van der Waals surface area contributed by atoms with Crippen LogP contribution >= 0.6 is 11.3 Å². The average Bonchev–Trinajstić information content (AvgIpc) is 2.68. The fourth-order valence-electron chi connectivity index (χ4n) is 1.42. The van der Waals surface area contributed by atoms with E-state index < -0.39 is 0 Å². The zero-order valence-electron chi connectivity index (χ0n) is 11.1. The SMILES string of the molecule is CCC(C)(CC)Nc1nc(C)c(C(=O)OC)s1. The van der Waals surface area contributed by atoms with Crippen LogP contribution in [0, 0.1) is 6.92 Å². The average molecular weight is 256 g/mol. The van der Waals surface area contributed by atoms with E-state index in [-0.39, 0.29) is 11.5 Å². The number of hydrogen-bond donors (Lipinski definition) is 1. The number of nitrogens with one attached hydrogen (secondary N) is 1. The van der Waals surface area contributed by atoms with Crippen LogP contribution in [0.5, 0.6) is 0 Å². The van der Waals surface area contributed by atoms with Crippen molar-refractivity contribution >= 4 is 22.4 Å². The van der Waals surface area contributed by atoms with Crippen molar-refractivity contribution in [2.45, 2.75) is 46.1 Å². The van der Waals surface area contributed by atoms with Gasteiger partial charge in [0.2, 0.25) is 0 Å². The molecule has 0 fully saturated rings. The standard InChI is InChI=1S/C12H20N2O2S/c1-6-12(4,7-2)14-11-13-8(3)9(17-11)10(15)16-5/h6-7H2,1-5H3,(H,13,14). The van der Waals surface area contributed by atoms with Crippen LogP contribution in [0.25, 0.3) is 0 Å². The van der Waals surface area contributed by atoms with Crippen LogP contribution in [0.1, 0.15) is 49.0 Å². The summed E-state index contributed by atoms with van der Waals surface area (Å²) in [5.74, 6) is -0.317. The van der Waals surface area contributed by atoms with Gasteiger partial charge in [-0.3, -0.25) is 0 Å². The van der Waals surface area contributed by atoms with Crippen molar-refractivity contribution < 1.29 is 9.53 Å². The number of aromatic nitrogens is 1. The highest BCUT2D eigenvalue weighted by Crippen LogP contribution is 2.28. The van der Waals surface area contributed by atoms with Crippen molar-refractivity contribution in [3.05, 3.63) is 10.6 Å². The van der Waals surface area contributed by atoms with Crippen LogP contribution in [0.2, 0.25) is 0 Å². The first-order chi connectivity index (χ1) is 7.95. The fourth-order valence-corrected chi connectivity index (χ4v) is 2.45. The predicted molar refractivity (Wildman–Crippen MR) is 70.8 cm³/mol. The summed E-state index contributed by atoms with van der Waals surface area (Å²) in [4.78, 5) is 16.4. The molecule has 0 amide bonds. The minimum Gasteiger partial charge on any atom is -0.465 e. The summed E-state index contributed by atoms with van der Waals surface area (Å²) in [5.41, 5.74) is 0.747. The molecule has 0 radical (unpaired) electrons. The molecule has 0 atom stereocenters. The molecule has 1 aromatic heterocycles. The number of esters is 1. The molecule has 0 spiro atoms. The molecule has 1 rings (SSSR count). The van der Waals surface area contributed by atoms with Gasteiger partial charge in [0.25, 0.3) is 0 Å². The minimum atomic E-state index is -0.317.